The van der Waals surface area contributed by atoms with Crippen LogP contribution >= 0.6 is 0 Å². The third kappa shape index (κ3) is 4.04. The second kappa shape index (κ2) is 6.50. The summed E-state index contributed by atoms with van der Waals surface area (Å²) in [6.07, 6.45) is 2.14. The van der Waals surface area contributed by atoms with Crippen LogP contribution in [0.2, 0.25) is 0 Å². The number of carbonyl (C=O) groups excluding carboxylic acids is 1. The zero-order valence-corrected chi connectivity index (χ0v) is 9.32. The minimum atomic E-state index is -0.233. The molecule has 0 atom stereocenters. The average molecular weight is 220 g/mol. The van der Waals surface area contributed by atoms with Crippen LogP contribution in [-0.2, 0) is 6.42 Å². The molecule has 0 spiro atoms. The molecule has 4 heteroatoms. The Morgan fingerprint density at radius 1 is 1.44 bits per heavy atom. The molecule has 0 heterocycles. The Labute approximate surface area is 95.3 Å². The number of hydrogen-bond acceptors (Lipinski definition) is 2. The van der Waals surface area contributed by atoms with Crippen LogP contribution in [0.15, 0.2) is 37.0 Å². The number of carbonyl (C=O) groups is 1. The van der Waals surface area contributed by atoms with Crippen molar-refractivity contribution < 1.29 is 9.53 Å². The molecule has 0 saturated heterocycles. The van der Waals surface area contributed by atoms with Gasteiger partial charge in [-0.15, -0.1) is 0 Å². The summed E-state index contributed by atoms with van der Waals surface area (Å²) in [5.74, 6) is 0.834. The van der Waals surface area contributed by atoms with E-state index < -0.39 is 0 Å². The van der Waals surface area contributed by atoms with Gasteiger partial charge >= 0.3 is 6.03 Å². The molecule has 2 amide bonds. The van der Waals surface area contributed by atoms with E-state index in [1.807, 2.05) is 24.3 Å². The van der Waals surface area contributed by atoms with Crippen molar-refractivity contribution in [2.24, 2.45) is 0 Å². The minimum Gasteiger partial charge on any atom is -0.497 e. The minimum absolute atomic E-state index is 0.233. The van der Waals surface area contributed by atoms with Gasteiger partial charge in [-0.1, -0.05) is 18.7 Å². The lowest BCUT2D eigenvalue weighted by Gasteiger charge is -2.05. The lowest BCUT2D eigenvalue weighted by molar-refractivity contribution is 0.244. The van der Waals surface area contributed by atoms with E-state index in [4.69, 9.17) is 4.74 Å². The molecule has 0 radical (unpaired) electrons. The van der Waals surface area contributed by atoms with Crippen molar-refractivity contribution in [1.29, 1.82) is 0 Å². The van der Waals surface area contributed by atoms with Gasteiger partial charge in [0, 0.05) is 6.54 Å². The first kappa shape index (κ1) is 12.1. The van der Waals surface area contributed by atoms with Gasteiger partial charge < -0.3 is 15.4 Å². The molecule has 1 aromatic carbocycles. The molecule has 0 unspecified atom stereocenters. The van der Waals surface area contributed by atoms with Crippen LogP contribution in [0.3, 0.4) is 0 Å². The van der Waals surface area contributed by atoms with Crippen molar-refractivity contribution in [3.05, 3.63) is 42.6 Å². The van der Waals surface area contributed by atoms with Crippen LogP contribution in [0.5, 0.6) is 5.75 Å². The molecule has 16 heavy (non-hydrogen) atoms. The molecule has 0 aliphatic heterocycles. The predicted octanol–water partition coefficient (Wildman–Crippen LogP) is 1.68. The zero-order chi connectivity index (χ0) is 11.8. The van der Waals surface area contributed by atoms with Gasteiger partial charge in [-0.3, -0.25) is 0 Å². The number of urea groups is 1. The van der Waals surface area contributed by atoms with E-state index in [0.29, 0.717) is 6.54 Å². The molecule has 0 aliphatic carbocycles. The molecule has 86 valence electrons. The standard InChI is InChI=1S/C12H16N2O2/c1-3-13-12(15)14-9-8-10-4-6-11(16-2)7-5-10/h3-7H,1,8-9H2,2H3,(H2,13,14,15). The molecular formula is C12H16N2O2. The number of hydrogen-bond donors (Lipinski definition) is 2. The van der Waals surface area contributed by atoms with Gasteiger partial charge in [-0.25, -0.2) is 4.79 Å². The monoisotopic (exact) mass is 220 g/mol. The fraction of sp³-hybridized carbons (Fsp3) is 0.250. The van der Waals surface area contributed by atoms with E-state index in [-0.39, 0.29) is 6.03 Å². The Morgan fingerprint density at radius 2 is 2.12 bits per heavy atom. The van der Waals surface area contributed by atoms with E-state index >= 15 is 0 Å². The lowest BCUT2D eigenvalue weighted by Crippen LogP contribution is -2.33. The number of ether oxygens (including phenoxy) is 1. The molecule has 0 aliphatic rings. The fourth-order valence-electron chi connectivity index (χ4n) is 1.26. The molecular weight excluding hydrogens is 204 g/mol. The van der Waals surface area contributed by atoms with Crippen molar-refractivity contribution in [3.63, 3.8) is 0 Å². The second-order valence-electron chi connectivity index (χ2n) is 3.20. The van der Waals surface area contributed by atoms with Crippen LogP contribution in [0.25, 0.3) is 0 Å². The Balaban J connectivity index is 2.31. The Morgan fingerprint density at radius 3 is 2.69 bits per heavy atom. The van der Waals surface area contributed by atoms with Crippen LogP contribution in [0, 0.1) is 0 Å². The van der Waals surface area contributed by atoms with Gasteiger partial charge in [0.15, 0.2) is 0 Å². The highest BCUT2D eigenvalue weighted by Gasteiger charge is 1.97. The van der Waals surface area contributed by atoms with Crippen molar-refractivity contribution >= 4 is 6.03 Å². The van der Waals surface area contributed by atoms with Crippen molar-refractivity contribution in [1.82, 2.24) is 10.6 Å². The molecule has 0 bridgehead atoms. The van der Waals surface area contributed by atoms with E-state index in [9.17, 15) is 4.79 Å². The lowest BCUT2D eigenvalue weighted by atomic mass is 10.1. The number of benzene rings is 1. The number of nitrogens with one attached hydrogen (secondary N) is 2. The van der Waals surface area contributed by atoms with Gasteiger partial charge in [0.25, 0.3) is 0 Å². The summed E-state index contributed by atoms with van der Waals surface area (Å²) in [4.78, 5) is 11.0. The van der Waals surface area contributed by atoms with Gasteiger partial charge in [0.1, 0.15) is 5.75 Å². The summed E-state index contributed by atoms with van der Waals surface area (Å²) in [6, 6.07) is 7.53. The SMILES string of the molecule is C=CNC(=O)NCCc1ccc(OC)cc1. The van der Waals surface area contributed by atoms with Crippen LogP contribution in [0.4, 0.5) is 4.79 Å². The second-order valence-corrected chi connectivity index (χ2v) is 3.20. The summed E-state index contributed by atoms with van der Waals surface area (Å²) >= 11 is 0. The third-order valence-electron chi connectivity index (χ3n) is 2.09. The zero-order valence-electron chi connectivity index (χ0n) is 9.32. The number of rotatable bonds is 5. The summed E-state index contributed by atoms with van der Waals surface area (Å²) in [5, 5.41) is 5.15. The normalized spacial score (nSPS) is 9.31. The average Bonchev–Trinajstić information content (AvgIpc) is 2.30. The topological polar surface area (TPSA) is 50.4 Å². The first-order valence-corrected chi connectivity index (χ1v) is 5.04. The highest BCUT2D eigenvalue weighted by Crippen LogP contribution is 2.11. The van der Waals surface area contributed by atoms with E-state index in [1.165, 1.54) is 6.20 Å². The predicted molar refractivity (Wildman–Crippen MR) is 63.4 cm³/mol. The van der Waals surface area contributed by atoms with E-state index in [0.717, 1.165) is 17.7 Å². The highest BCUT2D eigenvalue weighted by atomic mass is 16.5. The summed E-state index contributed by atoms with van der Waals surface area (Å²) in [6.45, 7) is 3.99. The van der Waals surface area contributed by atoms with Crippen LogP contribution in [-0.4, -0.2) is 19.7 Å². The van der Waals surface area contributed by atoms with Crippen molar-refractivity contribution in [3.8, 4) is 5.75 Å². The summed E-state index contributed by atoms with van der Waals surface area (Å²) in [7, 11) is 1.64. The Hall–Kier alpha value is -1.97. The largest absolute Gasteiger partial charge is 0.497 e. The first-order chi connectivity index (χ1) is 7.76. The summed E-state index contributed by atoms with van der Waals surface area (Å²) < 4.78 is 5.05. The molecule has 0 fully saturated rings. The quantitative estimate of drug-likeness (QED) is 0.793. The smallest absolute Gasteiger partial charge is 0.318 e. The molecule has 2 N–H and O–H groups in total. The maximum absolute atomic E-state index is 11.0. The Bertz CT molecular complexity index is 347. The van der Waals surface area contributed by atoms with Crippen molar-refractivity contribution in [2.45, 2.75) is 6.42 Å². The van der Waals surface area contributed by atoms with E-state index in [1.54, 1.807) is 7.11 Å². The van der Waals surface area contributed by atoms with Gasteiger partial charge in [0.05, 0.1) is 7.11 Å². The number of methoxy groups -OCH3 is 1. The molecule has 4 nitrogen and oxygen atoms in total. The maximum atomic E-state index is 11.0. The maximum Gasteiger partial charge on any atom is 0.318 e. The molecule has 0 aromatic heterocycles. The first-order valence-electron chi connectivity index (χ1n) is 5.04. The van der Waals surface area contributed by atoms with Gasteiger partial charge in [0.2, 0.25) is 0 Å². The Kier molecular flexibility index (Phi) is 4.92. The molecule has 1 rings (SSSR count). The van der Waals surface area contributed by atoms with Crippen molar-refractivity contribution in [2.75, 3.05) is 13.7 Å². The summed E-state index contributed by atoms with van der Waals surface area (Å²) in [5.41, 5.74) is 1.15. The van der Waals surface area contributed by atoms with Gasteiger partial charge in [-0.05, 0) is 30.3 Å². The third-order valence-corrected chi connectivity index (χ3v) is 2.09. The van der Waals surface area contributed by atoms with Crippen LogP contribution < -0.4 is 15.4 Å². The molecule has 1 aromatic rings. The van der Waals surface area contributed by atoms with Gasteiger partial charge in [-0.2, -0.15) is 0 Å². The van der Waals surface area contributed by atoms with Crippen LogP contribution in [0.1, 0.15) is 5.56 Å². The number of amides is 2. The molecule has 0 saturated carbocycles. The highest BCUT2D eigenvalue weighted by molar-refractivity contribution is 5.74. The fourth-order valence-corrected chi connectivity index (χ4v) is 1.26. The van der Waals surface area contributed by atoms with E-state index in [2.05, 4.69) is 17.2 Å².